The van der Waals surface area contributed by atoms with Crippen molar-refractivity contribution < 1.29 is 0 Å². The Hall–Kier alpha value is -1.36. The Kier molecular flexibility index (Phi) is 1.98. The van der Waals surface area contributed by atoms with E-state index in [4.69, 9.17) is 11.6 Å². The highest BCUT2D eigenvalue weighted by Gasteiger charge is 2.21. The molecule has 2 heterocycles. The summed E-state index contributed by atoms with van der Waals surface area (Å²) in [7, 11) is 0. The molecule has 2 aromatic rings. The van der Waals surface area contributed by atoms with Crippen LogP contribution >= 0.6 is 11.6 Å². The Morgan fingerprint density at radius 2 is 2.33 bits per heavy atom. The zero-order chi connectivity index (χ0) is 10.3. The van der Waals surface area contributed by atoms with E-state index in [1.807, 2.05) is 0 Å². The van der Waals surface area contributed by atoms with Crippen LogP contribution < -0.4 is 5.32 Å². The van der Waals surface area contributed by atoms with Gasteiger partial charge in [0.2, 0.25) is 5.28 Å². The maximum atomic E-state index is 5.80. The Labute approximate surface area is 91.3 Å². The summed E-state index contributed by atoms with van der Waals surface area (Å²) in [4.78, 5) is 8.19. The summed E-state index contributed by atoms with van der Waals surface area (Å²) in [5.41, 5.74) is 0.674. The van der Waals surface area contributed by atoms with Crippen molar-refractivity contribution >= 4 is 28.5 Å². The molecule has 0 unspecified atom stereocenters. The Morgan fingerprint density at radius 3 is 3.13 bits per heavy atom. The van der Waals surface area contributed by atoms with Crippen molar-refractivity contribution in [1.82, 2.24) is 20.2 Å². The molecule has 1 aliphatic carbocycles. The van der Waals surface area contributed by atoms with Crippen molar-refractivity contribution in [2.45, 2.75) is 12.8 Å². The summed E-state index contributed by atoms with van der Waals surface area (Å²) in [6.45, 7) is 0.952. The van der Waals surface area contributed by atoms with Crippen LogP contribution in [0.5, 0.6) is 0 Å². The molecule has 0 saturated heterocycles. The minimum absolute atomic E-state index is 0.241. The molecule has 0 aromatic carbocycles. The largest absolute Gasteiger partial charge is 0.369 e. The molecule has 15 heavy (non-hydrogen) atoms. The van der Waals surface area contributed by atoms with Crippen LogP contribution in [0.4, 0.5) is 5.82 Å². The molecule has 0 atom stereocenters. The van der Waals surface area contributed by atoms with Gasteiger partial charge in [-0.15, -0.1) is 0 Å². The topological polar surface area (TPSA) is 66.5 Å². The second-order valence-electron chi connectivity index (χ2n) is 3.80. The van der Waals surface area contributed by atoms with Crippen molar-refractivity contribution in [2.24, 2.45) is 5.92 Å². The minimum Gasteiger partial charge on any atom is -0.369 e. The van der Waals surface area contributed by atoms with Crippen molar-refractivity contribution in [1.29, 1.82) is 0 Å². The highest BCUT2D eigenvalue weighted by atomic mass is 35.5. The number of halogens is 1. The van der Waals surface area contributed by atoms with Crippen LogP contribution in [0.1, 0.15) is 12.8 Å². The lowest BCUT2D eigenvalue weighted by atomic mass is 10.3. The molecule has 0 aliphatic heterocycles. The van der Waals surface area contributed by atoms with Gasteiger partial charge >= 0.3 is 0 Å². The average molecular weight is 224 g/mol. The molecular formula is C9H10ClN5. The molecule has 2 aromatic heterocycles. The molecule has 1 saturated carbocycles. The highest BCUT2D eigenvalue weighted by Crippen LogP contribution is 2.29. The fourth-order valence-electron chi connectivity index (χ4n) is 1.51. The van der Waals surface area contributed by atoms with Crippen molar-refractivity contribution in [3.05, 3.63) is 11.5 Å². The molecule has 0 spiro atoms. The number of fused-ring (bicyclic) bond motifs is 1. The molecule has 0 radical (unpaired) electrons. The van der Waals surface area contributed by atoms with Crippen LogP contribution in [-0.4, -0.2) is 26.7 Å². The quantitative estimate of drug-likeness (QED) is 0.780. The molecule has 1 aliphatic rings. The Bertz CT molecular complexity index is 490. The van der Waals surface area contributed by atoms with E-state index in [0.29, 0.717) is 5.65 Å². The predicted octanol–water partition coefficient (Wildman–Crippen LogP) is 1.83. The number of aromatic nitrogens is 4. The Balaban J connectivity index is 1.95. The normalized spacial score (nSPS) is 15.8. The van der Waals surface area contributed by atoms with E-state index >= 15 is 0 Å². The van der Waals surface area contributed by atoms with Crippen LogP contribution in [0.3, 0.4) is 0 Å². The van der Waals surface area contributed by atoms with Crippen LogP contribution in [0.25, 0.3) is 11.0 Å². The van der Waals surface area contributed by atoms with E-state index < -0.39 is 0 Å². The number of hydrogen-bond acceptors (Lipinski definition) is 4. The van der Waals surface area contributed by atoms with Gasteiger partial charge in [0.1, 0.15) is 5.82 Å². The molecule has 0 amide bonds. The molecule has 0 bridgehead atoms. The van der Waals surface area contributed by atoms with E-state index in [0.717, 1.165) is 23.7 Å². The SMILES string of the molecule is Clc1nc(NCC2CC2)c2cn[nH]c2n1. The number of hydrogen-bond donors (Lipinski definition) is 2. The molecule has 3 rings (SSSR count). The number of rotatable bonds is 3. The number of nitrogens with zero attached hydrogens (tertiary/aromatic N) is 3. The van der Waals surface area contributed by atoms with Crippen LogP contribution in [0.15, 0.2) is 6.20 Å². The average Bonchev–Trinajstić information content (AvgIpc) is 2.92. The first kappa shape index (κ1) is 8.91. The monoisotopic (exact) mass is 223 g/mol. The van der Waals surface area contributed by atoms with Crippen molar-refractivity contribution in [2.75, 3.05) is 11.9 Å². The van der Waals surface area contributed by atoms with Crippen LogP contribution in [0.2, 0.25) is 5.28 Å². The third-order valence-electron chi connectivity index (χ3n) is 2.54. The van der Waals surface area contributed by atoms with Crippen LogP contribution in [0, 0.1) is 5.92 Å². The van der Waals surface area contributed by atoms with E-state index in [-0.39, 0.29) is 5.28 Å². The van der Waals surface area contributed by atoms with Gasteiger partial charge in [0.15, 0.2) is 5.65 Å². The fraction of sp³-hybridized carbons (Fsp3) is 0.444. The van der Waals surface area contributed by atoms with E-state index in [9.17, 15) is 0 Å². The number of nitrogens with one attached hydrogen (secondary N) is 2. The standard InChI is InChI=1S/C9H10ClN5/c10-9-13-7(11-3-5-1-2-5)6-4-12-15-8(6)14-9/h4-5H,1-3H2,(H2,11,12,13,14,15). The first-order chi connectivity index (χ1) is 7.33. The molecule has 1 fully saturated rings. The smallest absolute Gasteiger partial charge is 0.226 e. The first-order valence-electron chi connectivity index (χ1n) is 4.93. The van der Waals surface area contributed by atoms with Gasteiger partial charge in [0.25, 0.3) is 0 Å². The van der Waals surface area contributed by atoms with Gasteiger partial charge in [-0.1, -0.05) is 0 Å². The van der Waals surface area contributed by atoms with Crippen molar-refractivity contribution in [3.63, 3.8) is 0 Å². The van der Waals surface area contributed by atoms with Gasteiger partial charge in [-0.2, -0.15) is 15.1 Å². The summed E-state index contributed by atoms with van der Waals surface area (Å²) in [6.07, 6.45) is 4.32. The number of H-pyrrole nitrogens is 1. The van der Waals surface area contributed by atoms with Gasteiger partial charge in [-0.3, -0.25) is 5.10 Å². The molecule has 78 valence electrons. The zero-order valence-electron chi connectivity index (χ0n) is 8.00. The van der Waals surface area contributed by atoms with Crippen molar-refractivity contribution in [3.8, 4) is 0 Å². The van der Waals surface area contributed by atoms with E-state index in [1.54, 1.807) is 6.20 Å². The highest BCUT2D eigenvalue weighted by molar-refractivity contribution is 6.28. The molecule has 6 heteroatoms. The third-order valence-corrected chi connectivity index (χ3v) is 2.71. The van der Waals surface area contributed by atoms with Gasteiger partial charge in [-0.05, 0) is 30.4 Å². The van der Waals surface area contributed by atoms with Gasteiger partial charge in [0, 0.05) is 6.54 Å². The summed E-state index contributed by atoms with van der Waals surface area (Å²) in [6, 6.07) is 0. The predicted molar refractivity (Wildman–Crippen MR) is 57.9 cm³/mol. The molecule has 2 N–H and O–H groups in total. The minimum atomic E-state index is 0.241. The summed E-state index contributed by atoms with van der Waals surface area (Å²) >= 11 is 5.80. The van der Waals surface area contributed by atoms with Gasteiger partial charge < -0.3 is 5.32 Å². The zero-order valence-corrected chi connectivity index (χ0v) is 8.75. The lowest BCUT2D eigenvalue weighted by Crippen LogP contribution is -2.05. The number of anilines is 1. The molecule has 5 nitrogen and oxygen atoms in total. The number of aromatic amines is 1. The lowest BCUT2D eigenvalue weighted by molar-refractivity contribution is 0.884. The van der Waals surface area contributed by atoms with E-state index in [1.165, 1.54) is 12.8 Å². The Morgan fingerprint density at radius 1 is 1.47 bits per heavy atom. The first-order valence-corrected chi connectivity index (χ1v) is 5.31. The second-order valence-corrected chi connectivity index (χ2v) is 4.14. The summed E-state index contributed by atoms with van der Waals surface area (Å²) in [5.74, 6) is 1.56. The van der Waals surface area contributed by atoms with Gasteiger partial charge in [0.05, 0.1) is 11.6 Å². The molecular weight excluding hydrogens is 214 g/mol. The summed E-state index contributed by atoms with van der Waals surface area (Å²) in [5, 5.41) is 11.1. The second kappa shape index (κ2) is 3.34. The fourth-order valence-corrected chi connectivity index (χ4v) is 1.67. The lowest BCUT2D eigenvalue weighted by Gasteiger charge is -2.04. The maximum absolute atomic E-state index is 5.80. The maximum Gasteiger partial charge on any atom is 0.226 e. The van der Waals surface area contributed by atoms with Crippen LogP contribution in [-0.2, 0) is 0 Å². The van der Waals surface area contributed by atoms with Gasteiger partial charge in [-0.25, -0.2) is 0 Å². The van der Waals surface area contributed by atoms with E-state index in [2.05, 4.69) is 25.5 Å². The summed E-state index contributed by atoms with van der Waals surface area (Å²) < 4.78 is 0. The third kappa shape index (κ3) is 1.74.